The Morgan fingerprint density at radius 1 is 1.33 bits per heavy atom. The van der Waals surface area contributed by atoms with E-state index in [1.54, 1.807) is 0 Å². The van der Waals surface area contributed by atoms with Gasteiger partial charge in [-0.15, -0.1) is 0 Å². The zero-order valence-corrected chi connectivity index (χ0v) is 9.55. The van der Waals surface area contributed by atoms with E-state index in [1.165, 1.54) is 29.4 Å². The molecule has 0 spiro atoms. The molecule has 80 valence electrons. The van der Waals surface area contributed by atoms with Crippen LogP contribution in [-0.2, 0) is 11.2 Å². The molecule has 0 amide bonds. The van der Waals surface area contributed by atoms with E-state index in [-0.39, 0.29) is 5.41 Å². The lowest BCUT2D eigenvalue weighted by molar-refractivity contribution is -0.120. The minimum atomic E-state index is -0.0292. The van der Waals surface area contributed by atoms with Crippen molar-refractivity contribution in [2.75, 3.05) is 0 Å². The summed E-state index contributed by atoms with van der Waals surface area (Å²) in [5.41, 5.74) is 3.92. The number of aryl methyl sites for hydroxylation is 2. The van der Waals surface area contributed by atoms with Gasteiger partial charge in [0.1, 0.15) is 6.29 Å². The molecule has 0 heterocycles. The van der Waals surface area contributed by atoms with E-state index < -0.39 is 0 Å². The molecule has 0 saturated heterocycles. The number of carbonyl (C=O) groups is 1. The van der Waals surface area contributed by atoms with Crippen molar-refractivity contribution in [3.8, 4) is 0 Å². The molecule has 1 aromatic rings. The van der Waals surface area contributed by atoms with Crippen LogP contribution in [0.4, 0.5) is 0 Å². The number of rotatable bonds is 3. The Labute approximate surface area is 91.5 Å². The van der Waals surface area contributed by atoms with Gasteiger partial charge in [0.2, 0.25) is 0 Å². The van der Waals surface area contributed by atoms with Crippen molar-refractivity contribution in [2.24, 2.45) is 5.41 Å². The monoisotopic (exact) mass is 202 g/mol. The molecule has 0 aromatic heterocycles. The average Bonchev–Trinajstić information content (AvgIpc) is 2.17. The molecule has 1 fully saturated rings. The zero-order chi connectivity index (χ0) is 10.9. The van der Waals surface area contributed by atoms with Crippen LogP contribution in [0.15, 0.2) is 18.2 Å². The molecule has 1 heteroatoms. The fraction of sp³-hybridized carbons (Fsp3) is 0.500. The van der Waals surface area contributed by atoms with Crippen molar-refractivity contribution in [1.29, 1.82) is 0 Å². The molecule has 1 saturated carbocycles. The third-order valence-electron chi connectivity index (χ3n) is 3.65. The molecule has 0 radical (unpaired) electrons. The summed E-state index contributed by atoms with van der Waals surface area (Å²) in [5, 5.41) is 0. The molecule has 0 atom stereocenters. The first-order chi connectivity index (χ1) is 7.15. The summed E-state index contributed by atoms with van der Waals surface area (Å²) in [7, 11) is 0. The van der Waals surface area contributed by atoms with Crippen LogP contribution in [0.3, 0.4) is 0 Å². The minimum Gasteiger partial charge on any atom is -0.303 e. The van der Waals surface area contributed by atoms with Gasteiger partial charge in [0.05, 0.1) is 0 Å². The van der Waals surface area contributed by atoms with Crippen molar-refractivity contribution in [3.63, 3.8) is 0 Å². The Bertz CT molecular complexity index is 375. The molecule has 1 aliphatic rings. The first-order valence-corrected chi connectivity index (χ1v) is 5.68. The predicted octanol–water partition coefficient (Wildman–Crippen LogP) is 3.22. The Kier molecular flexibility index (Phi) is 2.64. The SMILES string of the molecule is Cc1ccc(C)c(CC2(C=O)CCC2)c1. The van der Waals surface area contributed by atoms with E-state index in [0.29, 0.717) is 0 Å². The molecule has 1 nitrogen and oxygen atoms in total. The maximum atomic E-state index is 11.1. The van der Waals surface area contributed by atoms with Crippen LogP contribution in [0.1, 0.15) is 36.0 Å². The number of carbonyl (C=O) groups excluding carboxylic acids is 1. The number of hydrogen-bond donors (Lipinski definition) is 0. The number of aldehydes is 1. The summed E-state index contributed by atoms with van der Waals surface area (Å²) in [6.45, 7) is 4.24. The van der Waals surface area contributed by atoms with Crippen molar-refractivity contribution in [3.05, 3.63) is 34.9 Å². The van der Waals surface area contributed by atoms with Crippen molar-refractivity contribution >= 4 is 6.29 Å². The molecule has 0 N–H and O–H groups in total. The Hall–Kier alpha value is -1.11. The Morgan fingerprint density at radius 2 is 2.07 bits per heavy atom. The summed E-state index contributed by atoms with van der Waals surface area (Å²) in [6, 6.07) is 6.51. The smallest absolute Gasteiger partial charge is 0.126 e. The highest BCUT2D eigenvalue weighted by molar-refractivity contribution is 5.62. The zero-order valence-electron chi connectivity index (χ0n) is 9.55. The maximum Gasteiger partial charge on any atom is 0.126 e. The van der Waals surface area contributed by atoms with Gasteiger partial charge < -0.3 is 4.79 Å². The van der Waals surface area contributed by atoms with Gasteiger partial charge in [0, 0.05) is 5.41 Å². The van der Waals surface area contributed by atoms with Gasteiger partial charge in [-0.05, 0) is 44.2 Å². The summed E-state index contributed by atoms with van der Waals surface area (Å²) < 4.78 is 0. The highest BCUT2D eigenvalue weighted by Gasteiger charge is 2.36. The van der Waals surface area contributed by atoms with Crippen LogP contribution >= 0.6 is 0 Å². The van der Waals surface area contributed by atoms with E-state index in [2.05, 4.69) is 32.0 Å². The lowest BCUT2D eigenvalue weighted by Gasteiger charge is -2.37. The molecule has 2 rings (SSSR count). The molecule has 1 aliphatic carbocycles. The van der Waals surface area contributed by atoms with Crippen molar-refractivity contribution < 1.29 is 4.79 Å². The lowest BCUT2D eigenvalue weighted by Crippen LogP contribution is -2.33. The summed E-state index contributed by atoms with van der Waals surface area (Å²) in [4.78, 5) is 11.1. The minimum absolute atomic E-state index is 0.0292. The predicted molar refractivity (Wildman–Crippen MR) is 62.0 cm³/mol. The van der Waals surface area contributed by atoms with E-state index >= 15 is 0 Å². The summed E-state index contributed by atoms with van der Waals surface area (Å²) in [5.74, 6) is 0. The standard InChI is InChI=1S/C14H18O/c1-11-4-5-12(2)13(8-11)9-14(10-15)6-3-7-14/h4-5,8,10H,3,6-7,9H2,1-2H3. The molecule has 0 aliphatic heterocycles. The second-order valence-electron chi connectivity index (χ2n) is 4.94. The van der Waals surface area contributed by atoms with E-state index in [1.807, 2.05) is 0 Å². The molecular weight excluding hydrogens is 184 g/mol. The largest absolute Gasteiger partial charge is 0.303 e. The van der Waals surface area contributed by atoms with Gasteiger partial charge in [-0.3, -0.25) is 0 Å². The second-order valence-corrected chi connectivity index (χ2v) is 4.94. The van der Waals surface area contributed by atoms with Crippen LogP contribution in [0.5, 0.6) is 0 Å². The van der Waals surface area contributed by atoms with Gasteiger partial charge in [-0.25, -0.2) is 0 Å². The van der Waals surface area contributed by atoms with Gasteiger partial charge >= 0.3 is 0 Å². The van der Waals surface area contributed by atoms with Gasteiger partial charge in [-0.1, -0.05) is 30.2 Å². The van der Waals surface area contributed by atoms with Gasteiger partial charge in [-0.2, -0.15) is 0 Å². The highest BCUT2D eigenvalue weighted by Crippen LogP contribution is 2.42. The molecule has 1 aromatic carbocycles. The van der Waals surface area contributed by atoms with Crippen LogP contribution in [0.2, 0.25) is 0 Å². The van der Waals surface area contributed by atoms with Crippen LogP contribution in [0.25, 0.3) is 0 Å². The van der Waals surface area contributed by atoms with Crippen LogP contribution in [-0.4, -0.2) is 6.29 Å². The molecule has 15 heavy (non-hydrogen) atoms. The number of hydrogen-bond acceptors (Lipinski definition) is 1. The fourth-order valence-corrected chi connectivity index (χ4v) is 2.34. The lowest BCUT2D eigenvalue weighted by atomic mass is 9.66. The highest BCUT2D eigenvalue weighted by atomic mass is 16.1. The summed E-state index contributed by atoms with van der Waals surface area (Å²) in [6.07, 6.45) is 5.47. The first kappa shape index (κ1) is 10.4. The first-order valence-electron chi connectivity index (χ1n) is 5.68. The number of benzene rings is 1. The molecule has 0 unspecified atom stereocenters. The third-order valence-corrected chi connectivity index (χ3v) is 3.65. The normalized spacial score (nSPS) is 18.3. The third kappa shape index (κ3) is 1.97. The van der Waals surface area contributed by atoms with Crippen molar-refractivity contribution in [1.82, 2.24) is 0 Å². The fourth-order valence-electron chi connectivity index (χ4n) is 2.34. The second kappa shape index (κ2) is 3.80. The van der Waals surface area contributed by atoms with Crippen molar-refractivity contribution in [2.45, 2.75) is 39.5 Å². The maximum absolute atomic E-state index is 11.1. The molecular formula is C14H18O. The van der Waals surface area contributed by atoms with E-state index in [4.69, 9.17) is 0 Å². The quantitative estimate of drug-likeness (QED) is 0.688. The van der Waals surface area contributed by atoms with Gasteiger partial charge in [0.25, 0.3) is 0 Å². The summed E-state index contributed by atoms with van der Waals surface area (Å²) >= 11 is 0. The van der Waals surface area contributed by atoms with E-state index in [9.17, 15) is 4.79 Å². The molecule has 0 bridgehead atoms. The Balaban J connectivity index is 2.23. The van der Waals surface area contributed by atoms with Gasteiger partial charge in [0.15, 0.2) is 0 Å². The van der Waals surface area contributed by atoms with Crippen LogP contribution in [0, 0.1) is 19.3 Å². The topological polar surface area (TPSA) is 17.1 Å². The van der Waals surface area contributed by atoms with E-state index in [0.717, 1.165) is 19.3 Å². The Morgan fingerprint density at radius 3 is 2.60 bits per heavy atom. The van der Waals surface area contributed by atoms with Crippen LogP contribution < -0.4 is 0 Å². The average molecular weight is 202 g/mol.